The number of pyridine rings is 1. The Hall–Kier alpha value is -2.71. The fourth-order valence-corrected chi connectivity index (χ4v) is 3.17. The molecule has 1 atom stereocenters. The van der Waals surface area contributed by atoms with Gasteiger partial charge >= 0.3 is 6.18 Å². The van der Waals surface area contributed by atoms with Crippen molar-refractivity contribution in [2.75, 3.05) is 18.0 Å². The molecule has 130 valence electrons. The van der Waals surface area contributed by atoms with E-state index in [9.17, 15) is 13.2 Å². The molecule has 4 heterocycles. The molecule has 6 nitrogen and oxygen atoms in total. The van der Waals surface area contributed by atoms with Crippen molar-refractivity contribution in [3.63, 3.8) is 0 Å². The molecule has 0 aromatic carbocycles. The van der Waals surface area contributed by atoms with Gasteiger partial charge in [-0.2, -0.15) is 13.2 Å². The van der Waals surface area contributed by atoms with Crippen molar-refractivity contribution in [3.05, 3.63) is 48.2 Å². The van der Waals surface area contributed by atoms with E-state index in [1.165, 1.54) is 0 Å². The van der Waals surface area contributed by atoms with Crippen LogP contribution in [0.2, 0.25) is 0 Å². The Morgan fingerprint density at radius 3 is 2.84 bits per heavy atom. The lowest BCUT2D eigenvalue weighted by atomic mass is 9.97. The van der Waals surface area contributed by atoms with Crippen LogP contribution in [0.1, 0.15) is 30.3 Å². The summed E-state index contributed by atoms with van der Waals surface area (Å²) in [7, 11) is 0. The van der Waals surface area contributed by atoms with Gasteiger partial charge in [-0.15, -0.1) is 10.2 Å². The zero-order valence-corrected chi connectivity index (χ0v) is 13.2. The number of halogens is 3. The van der Waals surface area contributed by atoms with Gasteiger partial charge in [0.15, 0.2) is 5.65 Å². The van der Waals surface area contributed by atoms with Gasteiger partial charge in [0.1, 0.15) is 11.5 Å². The Morgan fingerprint density at radius 1 is 1.12 bits per heavy atom. The van der Waals surface area contributed by atoms with Crippen LogP contribution in [-0.2, 0) is 6.18 Å². The molecule has 1 saturated heterocycles. The number of nitrogens with zero attached hydrogens (tertiary/aromatic N) is 6. The smallest absolute Gasteiger partial charge is 0.340 e. The maximum absolute atomic E-state index is 12.9. The van der Waals surface area contributed by atoms with E-state index in [1.807, 2.05) is 28.8 Å². The zero-order valence-electron chi connectivity index (χ0n) is 13.2. The molecule has 0 spiro atoms. The van der Waals surface area contributed by atoms with Gasteiger partial charge in [-0.05, 0) is 31.0 Å². The van der Waals surface area contributed by atoms with Crippen molar-refractivity contribution in [1.82, 2.24) is 24.6 Å². The molecule has 1 aliphatic heterocycles. The first-order valence-corrected chi connectivity index (χ1v) is 7.97. The predicted octanol–water partition coefficient (Wildman–Crippen LogP) is 2.92. The molecule has 3 aromatic rings. The van der Waals surface area contributed by atoms with Crippen molar-refractivity contribution in [2.45, 2.75) is 24.9 Å². The third-order valence-electron chi connectivity index (χ3n) is 4.34. The molecule has 0 bridgehead atoms. The molecule has 0 unspecified atom stereocenters. The van der Waals surface area contributed by atoms with E-state index in [1.54, 1.807) is 4.90 Å². The van der Waals surface area contributed by atoms with Crippen molar-refractivity contribution in [1.29, 1.82) is 0 Å². The second kappa shape index (κ2) is 5.98. The molecular weight excluding hydrogens is 333 g/mol. The summed E-state index contributed by atoms with van der Waals surface area (Å²) in [5.41, 5.74) is -0.169. The SMILES string of the molecule is FC(F)(F)c1ccnc(N2CCC[C@@H](c3nnc4ccccn34)C2)n1. The van der Waals surface area contributed by atoms with Crippen LogP contribution in [0.15, 0.2) is 36.7 Å². The average Bonchev–Trinajstić information content (AvgIpc) is 3.05. The summed E-state index contributed by atoms with van der Waals surface area (Å²) in [4.78, 5) is 9.50. The van der Waals surface area contributed by atoms with E-state index in [0.29, 0.717) is 13.1 Å². The standard InChI is InChI=1S/C16H15F3N6/c17-16(18,19)12-6-7-20-15(21-12)24-8-3-4-11(10-24)14-23-22-13-5-1-2-9-25(13)14/h1-2,5-7,9,11H,3-4,8,10H2/t11-/m1/s1. The topological polar surface area (TPSA) is 59.2 Å². The summed E-state index contributed by atoms with van der Waals surface area (Å²) in [6, 6.07) is 6.54. The maximum atomic E-state index is 12.9. The van der Waals surface area contributed by atoms with E-state index in [-0.39, 0.29) is 11.9 Å². The molecule has 1 fully saturated rings. The normalized spacial score (nSPS) is 18.7. The quantitative estimate of drug-likeness (QED) is 0.713. The molecule has 0 saturated carbocycles. The molecule has 0 aliphatic carbocycles. The maximum Gasteiger partial charge on any atom is 0.433 e. The van der Waals surface area contributed by atoms with Gasteiger partial charge in [-0.3, -0.25) is 4.40 Å². The summed E-state index contributed by atoms with van der Waals surface area (Å²) >= 11 is 0. The van der Waals surface area contributed by atoms with E-state index >= 15 is 0 Å². The monoisotopic (exact) mass is 348 g/mol. The van der Waals surface area contributed by atoms with Crippen LogP contribution in [-0.4, -0.2) is 37.7 Å². The average molecular weight is 348 g/mol. The number of hydrogen-bond acceptors (Lipinski definition) is 5. The van der Waals surface area contributed by atoms with Crippen molar-refractivity contribution in [2.24, 2.45) is 0 Å². The molecule has 0 amide bonds. The van der Waals surface area contributed by atoms with Gasteiger partial charge < -0.3 is 4.90 Å². The second-order valence-electron chi connectivity index (χ2n) is 6.01. The lowest BCUT2D eigenvalue weighted by molar-refractivity contribution is -0.141. The minimum atomic E-state index is -4.48. The van der Waals surface area contributed by atoms with Gasteiger partial charge in [0, 0.05) is 31.4 Å². The third kappa shape index (κ3) is 3.01. The lowest BCUT2D eigenvalue weighted by Crippen LogP contribution is -2.36. The van der Waals surface area contributed by atoms with E-state index in [4.69, 9.17) is 0 Å². The number of alkyl halides is 3. The van der Waals surface area contributed by atoms with Crippen LogP contribution in [0.4, 0.5) is 19.1 Å². The van der Waals surface area contributed by atoms with Crippen molar-refractivity contribution >= 4 is 11.6 Å². The Morgan fingerprint density at radius 2 is 2.00 bits per heavy atom. The number of anilines is 1. The van der Waals surface area contributed by atoms with Crippen LogP contribution < -0.4 is 4.90 Å². The molecule has 0 N–H and O–H groups in total. The van der Waals surface area contributed by atoms with Crippen LogP contribution >= 0.6 is 0 Å². The van der Waals surface area contributed by atoms with Crippen LogP contribution in [0, 0.1) is 0 Å². The molecule has 25 heavy (non-hydrogen) atoms. The predicted molar refractivity (Wildman–Crippen MR) is 84.2 cm³/mol. The summed E-state index contributed by atoms with van der Waals surface area (Å²) < 4.78 is 40.6. The number of fused-ring (bicyclic) bond motifs is 1. The Balaban J connectivity index is 1.61. The molecular formula is C16H15F3N6. The highest BCUT2D eigenvalue weighted by Crippen LogP contribution is 2.31. The Kier molecular flexibility index (Phi) is 3.78. The molecule has 3 aromatic heterocycles. The minimum Gasteiger partial charge on any atom is -0.340 e. The fourth-order valence-electron chi connectivity index (χ4n) is 3.17. The largest absolute Gasteiger partial charge is 0.433 e. The third-order valence-corrected chi connectivity index (χ3v) is 4.34. The van der Waals surface area contributed by atoms with Crippen LogP contribution in [0.3, 0.4) is 0 Å². The Labute approximate surface area is 141 Å². The van der Waals surface area contributed by atoms with Crippen molar-refractivity contribution < 1.29 is 13.2 Å². The summed E-state index contributed by atoms with van der Waals surface area (Å²) in [6.45, 7) is 1.13. The summed E-state index contributed by atoms with van der Waals surface area (Å²) in [6.07, 6.45) is 0.291. The number of aromatic nitrogens is 5. The number of piperidine rings is 1. The van der Waals surface area contributed by atoms with E-state index in [0.717, 1.165) is 36.6 Å². The van der Waals surface area contributed by atoms with Gasteiger partial charge in [0.05, 0.1) is 0 Å². The first-order chi connectivity index (χ1) is 12.0. The highest BCUT2D eigenvalue weighted by atomic mass is 19.4. The van der Waals surface area contributed by atoms with Crippen LogP contribution in [0.25, 0.3) is 5.65 Å². The summed E-state index contributed by atoms with van der Waals surface area (Å²) in [5.74, 6) is 0.977. The molecule has 1 aliphatic rings. The number of hydrogen-bond donors (Lipinski definition) is 0. The minimum absolute atomic E-state index is 0.0595. The molecule has 4 rings (SSSR count). The fraction of sp³-hybridized carbons (Fsp3) is 0.375. The molecule has 9 heteroatoms. The van der Waals surface area contributed by atoms with Crippen molar-refractivity contribution in [3.8, 4) is 0 Å². The first-order valence-electron chi connectivity index (χ1n) is 7.97. The highest BCUT2D eigenvalue weighted by Gasteiger charge is 2.34. The van der Waals surface area contributed by atoms with Crippen LogP contribution in [0.5, 0.6) is 0 Å². The highest BCUT2D eigenvalue weighted by molar-refractivity contribution is 5.39. The van der Waals surface area contributed by atoms with Gasteiger partial charge in [0.25, 0.3) is 0 Å². The lowest BCUT2D eigenvalue weighted by Gasteiger charge is -2.32. The first kappa shape index (κ1) is 15.8. The van der Waals surface area contributed by atoms with Gasteiger partial charge in [0.2, 0.25) is 5.95 Å². The van der Waals surface area contributed by atoms with E-state index < -0.39 is 11.9 Å². The van der Waals surface area contributed by atoms with Gasteiger partial charge in [-0.25, -0.2) is 9.97 Å². The van der Waals surface area contributed by atoms with E-state index in [2.05, 4.69) is 20.2 Å². The second-order valence-corrected chi connectivity index (χ2v) is 6.01. The zero-order chi connectivity index (χ0) is 17.4. The summed E-state index contributed by atoms with van der Waals surface area (Å²) in [5, 5.41) is 8.42. The molecule has 0 radical (unpaired) electrons. The number of rotatable bonds is 2. The van der Waals surface area contributed by atoms with Gasteiger partial charge in [-0.1, -0.05) is 6.07 Å². The Bertz CT molecular complexity index is 891.